The molecule has 0 aliphatic carbocycles. The van der Waals surface area contributed by atoms with Crippen molar-refractivity contribution in [3.8, 4) is 44.5 Å². The monoisotopic (exact) mass is 861 g/mol. The summed E-state index contributed by atoms with van der Waals surface area (Å²) in [7, 11) is 0. The molecule has 1 nitrogen and oxygen atoms in total. The molecular formula is C62H39NS2. The molecule has 0 atom stereocenters. The number of benzene rings is 11. The molecular weight excluding hydrogens is 823 g/mol. The van der Waals surface area contributed by atoms with E-state index in [-0.39, 0.29) is 0 Å². The highest BCUT2D eigenvalue weighted by Gasteiger charge is 2.25. The Hall–Kier alpha value is -7.82. The first kappa shape index (κ1) is 37.7. The predicted octanol–water partition coefficient (Wildman–Crippen LogP) is 18.9. The maximum Gasteiger partial charge on any atom is 0.0624 e. The molecule has 0 fully saturated rings. The van der Waals surface area contributed by atoms with Gasteiger partial charge in [-0.05, 0) is 97.6 Å². The Morgan fingerprint density at radius 3 is 1.42 bits per heavy atom. The summed E-state index contributed by atoms with van der Waals surface area (Å²) in [6.07, 6.45) is 0. The predicted molar refractivity (Wildman–Crippen MR) is 284 cm³/mol. The van der Waals surface area contributed by atoms with Crippen LogP contribution in [0, 0.1) is 0 Å². The van der Waals surface area contributed by atoms with E-state index >= 15 is 0 Å². The van der Waals surface area contributed by atoms with Crippen molar-refractivity contribution >= 4 is 102 Å². The second-order valence-corrected chi connectivity index (χ2v) is 18.9. The maximum absolute atomic E-state index is 2.53. The summed E-state index contributed by atoms with van der Waals surface area (Å²) in [6, 6.07) is 87.3. The molecule has 0 saturated carbocycles. The lowest BCUT2D eigenvalue weighted by atomic mass is 9.88. The smallest absolute Gasteiger partial charge is 0.0624 e. The molecule has 3 heteroatoms. The summed E-state index contributed by atoms with van der Waals surface area (Å²) in [5.74, 6) is 0. The Labute approximate surface area is 385 Å². The standard InChI is InChI=1S/C62H39NS2/c1-2-16-40(17-3-1)42-18-12-20-44(38-42)59-53-26-6-4-22-49(53)50-23-5-7-27-54(50)60(59)63(45-36-34-41(35-37-45)47-28-14-30-55-51-24-8-10-32-57(51)64-61(47)55)46-21-13-19-43(39-46)48-29-15-31-56-52-25-9-11-33-58(52)65-62(48)56/h1-39H. The van der Waals surface area contributed by atoms with Gasteiger partial charge in [-0.1, -0.05) is 194 Å². The Kier molecular flexibility index (Phi) is 8.97. The van der Waals surface area contributed by atoms with E-state index in [1.54, 1.807) is 0 Å². The summed E-state index contributed by atoms with van der Waals surface area (Å²) in [6.45, 7) is 0. The lowest BCUT2D eigenvalue weighted by Gasteiger charge is -2.31. The van der Waals surface area contributed by atoms with E-state index in [0.717, 1.165) is 17.1 Å². The fourth-order valence-electron chi connectivity index (χ4n) is 10.1. The SMILES string of the molecule is c1ccc(-c2cccc(-c3c(N(c4ccc(-c5cccc6c5sc5ccccc56)cc4)c4cccc(-c5cccc6c5sc5ccccc56)c4)c4ccccc4c4ccccc34)c2)cc1. The topological polar surface area (TPSA) is 3.24 Å². The van der Waals surface area contributed by atoms with E-state index in [1.165, 1.54) is 106 Å². The zero-order valence-electron chi connectivity index (χ0n) is 35.3. The van der Waals surface area contributed by atoms with Crippen molar-refractivity contribution in [1.29, 1.82) is 0 Å². The molecule has 0 unspecified atom stereocenters. The molecule has 13 rings (SSSR count). The number of anilines is 3. The van der Waals surface area contributed by atoms with Gasteiger partial charge in [0, 0.05) is 62.7 Å². The van der Waals surface area contributed by atoms with Crippen LogP contribution in [0.3, 0.4) is 0 Å². The third-order valence-corrected chi connectivity index (χ3v) is 15.5. The first-order chi connectivity index (χ1) is 32.2. The minimum absolute atomic E-state index is 1.09. The fraction of sp³-hybridized carbons (Fsp3) is 0. The number of thiophene rings is 2. The number of rotatable bonds is 7. The Morgan fingerprint density at radius 2 is 0.738 bits per heavy atom. The van der Waals surface area contributed by atoms with Crippen LogP contribution < -0.4 is 4.90 Å². The molecule has 0 radical (unpaired) electrons. The van der Waals surface area contributed by atoms with Gasteiger partial charge >= 0.3 is 0 Å². The van der Waals surface area contributed by atoms with Crippen molar-refractivity contribution < 1.29 is 0 Å². The van der Waals surface area contributed by atoms with Crippen molar-refractivity contribution in [3.05, 3.63) is 237 Å². The summed E-state index contributed by atoms with van der Waals surface area (Å²) in [5, 5.41) is 10.1. The van der Waals surface area contributed by atoms with E-state index < -0.39 is 0 Å². The van der Waals surface area contributed by atoms with Gasteiger partial charge in [-0.3, -0.25) is 0 Å². The van der Waals surface area contributed by atoms with Crippen LogP contribution in [0.1, 0.15) is 0 Å². The highest BCUT2D eigenvalue weighted by molar-refractivity contribution is 7.26. The third kappa shape index (κ3) is 6.27. The minimum Gasteiger partial charge on any atom is -0.309 e. The van der Waals surface area contributed by atoms with Gasteiger partial charge in [0.2, 0.25) is 0 Å². The number of nitrogens with zero attached hydrogens (tertiary/aromatic N) is 1. The second kappa shape index (κ2) is 15.5. The molecule has 0 bridgehead atoms. The van der Waals surface area contributed by atoms with E-state index in [9.17, 15) is 0 Å². The molecule has 2 aromatic heterocycles. The molecule has 0 saturated heterocycles. The van der Waals surface area contributed by atoms with Crippen LogP contribution in [0.15, 0.2) is 237 Å². The van der Waals surface area contributed by atoms with Crippen LogP contribution in [-0.2, 0) is 0 Å². The van der Waals surface area contributed by atoms with Crippen LogP contribution in [0.2, 0.25) is 0 Å². The van der Waals surface area contributed by atoms with E-state index in [1.807, 2.05) is 22.7 Å². The zero-order chi connectivity index (χ0) is 42.8. The Bertz CT molecular complexity index is 3950. The van der Waals surface area contributed by atoms with Gasteiger partial charge in [0.25, 0.3) is 0 Å². The van der Waals surface area contributed by atoms with Gasteiger partial charge in [-0.15, -0.1) is 22.7 Å². The average molecular weight is 862 g/mol. The van der Waals surface area contributed by atoms with Gasteiger partial charge < -0.3 is 4.90 Å². The summed E-state index contributed by atoms with van der Waals surface area (Å²) < 4.78 is 5.26. The first-order valence-electron chi connectivity index (χ1n) is 22.2. The molecule has 0 amide bonds. The number of hydrogen-bond donors (Lipinski definition) is 0. The van der Waals surface area contributed by atoms with E-state index in [0.29, 0.717) is 0 Å². The highest BCUT2D eigenvalue weighted by Crippen LogP contribution is 2.51. The van der Waals surface area contributed by atoms with Crippen LogP contribution in [0.4, 0.5) is 17.1 Å². The second-order valence-electron chi connectivity index (χ2n) is 16.8. The van der Waals surface area contributed by atoms with Crippen molar-refractivity contribution in [2.45, 2.75) is 0 Å². The van der Waals surface area contributed by atoms with Crippen LogP contribution >= 0.6 is 22.7 Å². The van der Waals surface area contributed by atoms with Crippen molar-refractivity contribution in [3.63, 3.8) is 0 Å². The van der Waals surface area contributed by atoms with E-state index in [4.69, 9.17) is 0 Å². The molecule has 11 aromatic carbocycles. The fourth-order valence-corrected chi connectivity index (χ4v) is 12.6. The molecule has 0 spiro atoms. The third-order valence-electron chi connectivity index (χ3n) is 13.0. The number of hydrogen-bond acceptors (Lipinski definition) is 3. The van der Waals surface area contributed by atoms with Crippen molar-refractivity contribution in [1.82, 2.24) is 0 Å². The molecule has 13 aromatic rings. The Balaban J connectivity index is 1.08. The number of fused-ring (bicyclic) bond motifs is 9. The summed E-state index contributed by atoms with van der Waals surface area (Å²) >= 11 is 3.76. The summed E-state index contributed by atoms with van der Waals surface area (Å²) in [5.41, 5.74) is 13.0. The molecule has 65 heavy (non-hydrogen) atoms. The molecule has 0 aliphatic rings. The van der Waals surface area contributed by atoms with Crippen LogP contribution in [-0.4, -0.2) is 0 Å². The van der Waals surface area contributed by atoms with Crippen molar-refractivity contribution in [2.24, 2.45) is 0 Å². The quantitative estimate of drug-likeness (QED) is 0.144. The van der Waals surface area contributed by atoms with Crippen molar-refractivity contribution in [2.75, 3.05) is 4.90 Å². The lowest BCUT2D eigenvalue weighted by molar-refractivity contribution is 1.30. The maximum atomic E-state index is 2.53. The summed E-state index contributed by atoms with van der Waals surface area (Å²) in [4.78, 5) is 2.53. The van der Waals surface area contributed by atoms with Gasteiger partial charge in [-0.25, -0.2) is 0 Å². The lowest BCUT2D eigenvalue weighted by Crippen LogP contribution is -2.12. The molecule has 2 heterocycles. The average Bonchev–Trinajstić information content (AvgIpc) is 3.96. The molecule has 0 aliphatic heterocycles. The Morgan fingerprint density at radius 1 is 0.262 bits per heavy atom. The minimum atomic E-state index is 1.09. The largest absolute Gasteiger partial charge is 0.309 e. The normalized spacial score (nSPS) is 11.7. The highest BCUT2D eigenvalue weighted by atomic mass is 32.1. The van der Waals surface area contributed by atoms with E-state index in [2.05, 4.69) is 241 Å². The van der Waals surface area contributed by atoms with Crippen LogP contribution in [0.25, 0.3) is 106 Å². The molecule has 0 N–H and O–H groups in total. The van der Waals surface area contributed by atoms with Gasteiger partial charge in [-0.2, -0.15) is 0 Å². The van der Waals surface area contributed by atoms with Crippen LogP contribution in [0.5, 0.6) is 0 Å². The first-order valence-corrected chi connectivity index (χ1v) is 23.8. The zero-order valence-corrected chi connectivity index (χ0v) is 36.9. The molecule has 304 valence electrons. The van der Waals surface area contributed by atoms with Gasteiger partial charge in [0.1, 0.15) is 0 Å². The van der Waals surface area contributed by atoms with Gasteiger partial charge in [0.15, 0.2) is 0 Å². The van der Waals surface area contributed by atoms with Gasteiger partial charge in [0.05, 0.1) is 5.69 Å².